The fourth-order valence-corrected chi connectivity index (χ4v) is 16.5. The monoisotopic (exact) mass is 1250 g/mol. The standard InChI is InChI=1S/C98H61N/c1-3-23-62(24-4-1)89-58-70(91-54-64-27-7-11-31-75(64)81-35-15-19-39-85(81)91)43-47-79(89)68-45-49-97-95(60-68)96-61-69(80-48-44-71(59-90(80)63-25-5-2-6-26-63)92-55-65-28-8-12-32-76(65)82-36-16-20-40-86(82)92)46-50-98(96)99(97)74-52-72(93-56-66-29-9-13-33-77(66)83-37-17-21-41-87(83)93)51-73(53-74)94-57-67-30-10-14-34-78(67)84-38-18-22-42-88(84)94/h1-61H. The number of hydrogen-bond donors (Lipinski definition) is 0. The molecule has 0 amide bonds. The predicted octanol–water partition coefficient (Wildman–Crippen LogP) is 27.3. The van der Waals surface area contributed by atoms with Gasteiger partial charge in [0.1, 0.15) is 0 Å². The maximum atomic E-state index is 2.55. The second-order valence-corrected chi connectivity index (χ2v) is 26.6. The number of nitrogens with zero attached hydrogens (tertiary/aromatic N) is 1. The van der Waals surface area contributed by atoms with E-state index in [4.69, 9.17) is 0 Å². The first-order valence-electron chi connectivity index (χ1n) is 34.4. The zero-order chi connectivity index (χ0) is 65.1. The molecule has 20 aromatic rings. The Labute approximate surface area is 573 Å². The molecule has 0 N–H and O–H groups in total. The van der Waals surface area contributed by atoms with E-state index >= 15 is 0 Å². The molecule has 0 bridgehead atoms. The van der Waals surface area contributed by atoms with Crippen molar-refractivity contribution in [3.8, 4) is 94.7 Å². The summed E-state index contributed by atoms with van der Waals surface area (Å²) in [6.07, 6.45) is 0. The highest BCUT2D eigenvalue weighted by Crippen LogP contribution is 2.48. The predicted molar refractivity (Wildman–Crippen MR) is 424 cm³/mol. The smallest absolute Gasteiger partial charge is 0.0541 e. The Morgan fingerprint density at radius 1 is 0.131 bits per heavy atom. The van der Waals surface area contributed by atoms with Crippen LogP contribution in [0.4, 0.5) is 0 Å². The van der Waals surface area contributed by atoms with E-state index in [1.54, 1.807) is 0 Å². The lowest BCUT2D eigenvalue weighted by molar-refractivity contribution is 1.18. The molecular formula is C98H61N. The van der Waals surface area contributed by atoms with Gasteiger partial charge >= 0.3 is 0 Å². The lowest BCUT2D eigenvalue weighted by Gasteiger charge is -2.18. The Hall–Kier alpha value is -12.9. The molecule has 0 spiro atoms. The summed E-state index contributed by atoms with van der Waals surface area (Å²) in [5.41, 5.74) is 22.2. The molecule has 1 heteroatoms. The highest BCUT2D eigenvalue weighted by Gasteiger charge is 2.23. The quantitative estimate of drug-likeness (QED) is 0.127. The van der Waals surface area contributed by atoms with Gasteiger partial charge in [0.05, 0.1) is 11.0 Å². The SMILES string of the molecule is c1ccc(-c2cc(-c3cc4ccccc4c4ccccc34)ccc2-c2ccc3c(c2)c2cc(-c4ccc(-c5cc6ccccc6c6ccccc56)cc4-c4ccccc4)ccc2n3-c2cc(-c3cc4ccccc4c4ccccc34)cc(-c3cc4ccccc4c4ccccc34)c2)cc1. The van der Waals surface area contributed by atoms with Crippen LogP contribution < -0.4 is 0 Å². The van der Waals surface area contributed by atoms with Crippen molar-refractivity contribution in [1.29, 1.82) is 0 Å². The van der Waals surface area contributed by atoms with E-state index in [1.165, 1.54) is 164 Å². The minimum atomic E-state index is 1.09. The van der Waals surface area contributed by atoms with Crippen LogP contribution in [-0.4, -0.2) is 4.57 Å². The van der Waals surface area contributed by atoms with Gasteiger partial charge in [-0.3, -0.25) is 0 Å². The normalized spacial score (nSPS) is 11.8. The Bertz CT molecular complexity index is 6310. The summed E-state index contributed by atoms with van der Waals surface area (Å²) in [5.74, 6) is 0. The van der Waals surface area contributed by atoms with Gasteiger partial charge in [-0.1, -0.05) is 291 Å². The highest BCUT2D eigenvalue weighted by atomic mass is 15.0. The molecule has 0 unspecified atom stereocenters. The van der Waals surface area contributed by atoms with Crippen molar-refractivity contribution in [2.75, 3.05) is 0 Å². The lowest BCUT2D eigenvalue weighted by Crippen LogP contribution is -1.97. The van der Waals surface area contributed by atoms with Crippen LogP contribution in [0.3, 0.4) is 0 Å². The van der Waals surface area contributed by atoms with Crippen LogP contribution in [0, 0.1) is 0 Å². The van der Waals surface area contributed by atoms with Crippen LogP contribution in [-0.2, 0) is 0 Å². The first kappa shape index (κ1) is 56.4. The molecule has 1 nitrogen and oxygen atoms in total. The molecule has 458 valence electrons. The molecule has 1 heterocycles. The summed E-state index contributed by atoms with van der Waals surface area (Å²) in [7, 11) is 0. The van der Waals surface area contributed by atoms with Gasteiger partial charge in [0, 0.05) is 16.5 Å². The number of fused-ring (bicyclic) bond motifs is 15. The van der Waals surface area contributed by atoms with Crippen molar-refractivity contribution >= 4 is 108 Å². The van der Waals surface area contributed by atoms with Crippen molar-refractivity contribution in [2.45, 2.75) is 0 Å². The Morgan fingerprint density at radius 3 is 0.747 bits per heavy atom. The molecule has 0 aliphatic carbocycles. The maximum Gasteiger partial charge on any atom is 0.0541 e. The minimum Gasteiger partial charge on any atom is -0.309 e. The lowest BCUT2D eigenvalue weighted by atomic mass is 9.87. The third-order valence-electron chi connectivity index (χ3n) is 21.1. The molecule has 0 aliphatic heterocycles. The summed E-state index contributed by atoms with van der Waals surface area (Å²) >= 11 is 0. The molecule has 0 aliphatic rings. The van der Waals surface area contributed by atoms with Gasteiger partial charge < -0.3 is 4.57 Å². The Kier molecular flexibility index (Phi) is 13.0. The number of hydrogen-bond acceptors (Lipinski definition) is 0. The van der Waals surface area contributed by atoms with E-state index in [1.807, 2.05) is 0 Å². The minimum absolute atomic E-state index is 1.09. The van der Waals surface area contributed by atoms with Crippen molar-refractivity contribution in [3.63, 3.8) is 0 Å². The second-order valence-electron chi connectivity index (χ2n) is 26.6. The van der Waals surface area contributed by atoms with Crippen molar-refractivity contribution in [3.05, 3.63) is 370 Å². The number of benzene rings is 19. The van der Waals surface area contributed by atoms with E-state index < -0.39 is 0 Å². The summed E-state index contributed by atoms with van der Waals surface area (Å²) in [6, 6.07) is 139. The molecule has 0 saturated heterocycles. The molecule has 19 aromatic carbocycles. The van der Waals surface area contributed by atoms with Crippen LogP contribution in [0.15, 0.2) is 370 Å². The van der Waals surface area contributed by atoms with Crippen LogP contribution in [0.1, 0.15) is 0 Å². The summed E-state index contributed by atoms with van der Waals surface area (Å²) < 4.78 is 2.55. The van der Waals surface area contributed by atoms with Crippen LogP contribution in [0.5, 0.6) is 0 Å². The summed E-state index contributed by atoms with van der Waals surface area (Å²) in [4.78, 5) is 0. The molecule has 0 atom stereocenters. The van der Waals surface area contributed by atoms with Gasteiger partial charge in [-0.15, -0.1) is 0 Å². The van der Waals surface area contributed by atoms with Gasteiger partial charge in [-0.25, -0.2) is 0 Å². The van der Waals surface area contributed by atoms with Gasteiger partial charge in [-0.2, -0.15) is 0 Å². The second kappa shape index (κ2) is 22.9. The topological polar surface area (TPSA) is 4.93 Å². The van der Waals surface area contributed by atoms with E-state index in [0.29, 0.717) is 0 Å². The van der Waals surface area contributed by atoms with Gasteiger partial charge in [0.25, 0.3) is 0 Å². The number of aromatic nitrogens is 1. The zero-order valence-corrected chi connectivity index (χ0v) is 54.2. The van der Waals surface area contributed by atoms with E-state index in [-0.39, 0.29) is 0 Å². The van der Waals surface area contributed by atoms with Gasteiger partial charge in [0.2, 0.25) is 0 Å². The fraction of sp³-hybridized carbons (Fsp3) is 0. The first-order valence-corrected chi connectivity index (χ1v) is 34.4. The van der Waals surface area contributed by atoms with Crippen molar-refractivity contribution in [2.24, 2.45) is 0 Å². The highest BCUT2D eigenvalue weighted by molar-refractivity contribution is 6.19. The molecule has 1 aromatic heterocycles. The van der Waals surface area contributed by atoms with Crippen LogP contribution >= 0.6 is 0 Å². The zero-order valence-electron chi connectivity index (χ0n) is 54.2. The first-order chi connectivity index (χ1) is 49.1. The third-order valence-corrected chi connectivity index (χ3v) is 21.1. The molecule has 0 saturated carbocycles. The summed E-state index contributed by atoms with van der Waals surface area (Å²) in [6.45, 7) is 0. The average Bonchev–Trinajstić information content (AvgIpc) is 1.58. The third kappa shape index (κ3) is 9.31. The largest absolute Gasteiger partial charge is 0.309 e. The van der Waals surface area contributed by atoms with E-state index in [2.05, 4.69) is 375 Å². The van der Waals surface area contributed by atoms with Gasteiger partial charge in [0.15, 0.2) is 0 Å². The average molecular weight is 1250 g/mol. The van der Waals surface area contributed by atoms with Crippen molar-refractivity contribution < 1.29 is 0 Å². The van der Waals surface area contributed by atoms with Crippen LogP contribution in [0.25, 0.3) is 203 Å². The maximum absolute atomic E-state index is 2.55. The van der Waals surface area contributed by atoms with Crippen molar-refractivity contribution in [1.82, 2.24) is 4.57 Å². The number of rotatable bonds is 9. The van der Waals surface area contributed by atoms with Gasteiger partial charge in [-0.05, 0) is 254 Å². The molecule has 0 fully saturated rings. The van der Waals surface area contributed by atoms with E-state index in [0.717, 1.165) is 39.0 Å². The Morgan fingerprint density at radius 2 is 0.404 bits per heavy atom. The molecular weight excluding hydrogens is 1190 g/mol. The molecule has 0 radical (unpaired) electrons. The molecule has 99 heavy (non-hydrogen) atoms. The Balaban J connectivity index is 0.852. The van der Waals surface area contributed by atoms with Crippen LogP contribution in [0.2, 0.25) is 0 Å². The van der Waals surface area contributed by atoms with E-state index in [9.17, 15) is 0 Å². The summed E-state index contributed by atoms with van der Waals surface area (Å²) in [5, 5.41) is 22.2. The fourth-order valence-electron chi connectivity index (χ4n) is 16.5. The molecule has 20 rings (SSSR count).